The van der Waals surface area contributed by atoms with E-state index in [1.165, 1.54) is 16.7 Å². The fourth-order valence-electron chi connectivity index (χ4n) is 2.08. The second-order valence-electron chi connectivity index (χ2n) is 6.04. The van der Waals surface area contributed by atoms with E-state index < -0.39 is 0 Å². The minimum atomic E-state index is 0.188. The first-order chi connectivity index (χ1) is 7.77. The van der Waals surface area contributed by atoms with Gasteiger partial charge in [-0.15, -0.1) is 0 Å². The highest BCUT2D eigenvalue weighted by atomic mass is 15.1. The molecule has 1 aromatic rings. The molecule has 17 heavy (non-hydrogen) atoms. The second-order valence-corrected chi connectivity index (χ2v) is 6.04. The molecule has 0 heterocycles. The van der Waals surface area contributed by atoms with Gasteiger partial charge in [0.15, 0.2) is 0 Å². The minimum absolute atomic E-state index is 0.188. The third kappa shape index (κ3) is 3.30. The molecular weight excluding hydrogens is 208 g/mol. The molecule has 2 N–H and O–H groups in total. The van der Waals surface area contributed by atoms with Crippen LogP contribution in [0.15, 0.2) is 18.2 Å². The monoisotopic (exact) mass is 234 g/mol. The highest BCUT2D eigenvalue weighted by Gasteiger charge is 2.19. The normalized spacial score (nSPS) is 14.1. The van der Waals surface area contributed by atoms with Crippen molar-refractivity contribution in [2.24, 2.45) is 5.73 Å². The van der Waals surface area contributed by atoms with Crippen molar-refractivity contribution in [3.8, 4) is 0 Å². The Morgan fingerprint density at radius 1 is 1.24 bits per heavy atom. The number of nitrogens with two attached hydrogens (primary N) is 1. The Kier molecular flexibility index (Phi) is 4.34. The summed E-state index contributed by atoms with van der Waals surface area (Å²) >= 11 is 0. The number of likely N-dealkylation sites (N-methyl/N-ethyl adjacent to an activating group) is 1. The van der Waals surface area contributed by atoms with Crippen LogP contribution in [0.1, 0.15) is 43.5 Å². The van der Waals surface area contributed by atoms with Crippen LogP contribution in [0.25, 0.3) is 0 Å². The molecule has 96 valence electrons. The standard InChI is InChI=1S/C15H26N2/c1-11-7-8-12(15(2,3)4)9-13(11)14(10-16)17(5)6/h7-9,14H,10,16H2,1-6H3. The van der Waals surface area contributed by atoms with Gasteiger partial charge in [0.25, 0.3) is 0 Å². The molecule has 0 aliphatic heterocycles. The first kappa shape index (κ1) is 14.2. The maximum atomic E-state index is 5.89. The third-order valence-corrected chi connectivity index (χ3v) is 3.35. The SMILES string of the molecule is Cc1ccc(C(C)(C)C)cc1C(CN)N(C)C. The van der Waals surface area contributed by atoms with Crippen molar-refractivity contribution in [1.29, 1.82) is 0 Å². The number of hydrogen-bond donors (Lipinski definition) is 1. The van der Waals surface area contributed by atoms with Crippen LogP contribution in [-0.4, -0.2) is 25.5 Å². The molecule has 0 saturated carbocycles. The molecule has 2 heteroatoms. The summed E-state index contributed by atoms with van der Waals surface area (Å²) in [6.07, 6.45) is 0. The van der Waals surface area contributed by atoms with Crippen molar-refractivity contribution >= 4 is 0 Å². The van der Waals surface area contributed by atoms with Crippen molar-refractivity contribution in [2.45, 2.75) is 39.2 Å². The van der Waals surface area contributed by atoms with Gasteiger partial charge in [0, 0.05) is 12.6 Å². The molecule has 0 spiro atoms. The van der Waals surface area contributed by atoms with Gasteiger partial charge in [0.2, 0.25) is 0 Å². The fourth-order valence-corrected chi connectivity index (χ4v) is 2.08. The van der Waals surface area contributed by atoms with Crippen LogP contribution in [0.2, 0.25) is 0 Å². The zero-order valence-electron chi connectivity index (χ0n) is 12.0. The van der Waals surface area contributed by atoms with E-state index in [1.807, 2.05) is 0 Å². The smallest absolute Gasteiger partial charge is 0.0467 e. The van der Waals surface area contributed by atoms with Crippen molar-refractivity contribution in [2.75, 3.05) is 20.6 Å². The van der Waals surface area contributed by atoms with E-state index in [0.29, 0.717) is 12.6 Å². The van der Waals surface area contributed by atoms with E-state index in [-0.39, 0.29) is 5.41 Å². The van der Waals surface area contributed by atoms with Gasteiger partial charge in [0.05, 0.1) is 0 Å². The summed E-state index contributed by atoms with van der Waals surface area (Å²) in [6.45, 7) is 9.55. The van der Waals surface area contributed by atoms with Crippen LogP contribution in [-0.2, 0) is 5.41 Å². The Morgan fingerprint density at radius 2 is 1.82 bits per heavy atom. The number of aryl methyl sites for hydroxylation is 1. The Bertz CT molecular complexity index is 375. The van der Waals surface area contributed by atoms with Gasteiger partial charge >= 0.3 is 0 Å². The topological polar surface area (TPSA) is 29.3 Å². The lowest BCUT2D eigenvalue weighted by Crippen LogP contribution is -2.28. The van der Waals surface area contributed by atoms with E-state index in [2.05, 4.69) is 64.9 Å². The van der Waals surface area contributed by atoms with E-state index in [1.54, 1.807) is 0 Å². The molecule has 0 radical (unpaired) electrons. The lowest BCUT2D eigenvalue weighted by molar-refractivity contribution is 0.304. The summed E-state index contributed by atoms with van der Waals surface area (Å²) in [4.78, 5) is 2.19. The number of benzene rings is 1. The van der Waals surface area contributed by atoms with Crippen LogP contribution < -0.4 is 5.73 Å². The molecule has 0 amide bonds. The van der Waals surface area contributed by atoms with Gasteiger partial charge in [-0.1, -0.05) is 39.0 Å². The predicted molar refractivity (Wildman–Crippen MR) is 75.4 cm³/mol. The van der Waals surface area contributed by atoms with Gasteiger partial charge in [-0.2, -0.15) is 0 Å². The second kappa shape index (κ2) is 5.19. The highest BCUT2D eigenvalue weighted by Crippen LogP contribution is 2.28. The van der Waals surface area contributed by atoms with E-state index in [4.69, 9.17) is 5.73 Å². The van der Waals surface area contributed by atoms with Gasteiger partial charge in [-0.05, 0) is 43.1 Å². The molecule has 0 bridgehead atoms. The van der Waals surface area contributed by atoms with Crippen LogP contribution in [0.5, 0.6) is 0 Å². The van der Waals surface area contributed by atoms with Gasteiger partial charge < -0.3 is 10.6 Å². The lowest BCUT2D eigenvalue weighted by Gasteiger charge is -2.27. The summed E-state index contributed by atoms with van der Waals surface area (Å²) in [5, 5.41) is 0. The Balaban J connectivity index is 3.23. The van der Waals surface area contributed by atoms with Gasteiger partial charge in [-0.25, -0.2) is 0 Å². The molecule has 2 nitrogen and oxygen atoms in total. The average molecular weight is 234 g/mol. The molecule has 0 saturated heterocycles. The highest BCUT2D eigenvalue weighted by molar-refractivity contribution is 5.36. The van der Waals surface area contributed by atoms with Crippen LogP contribution in [0.4, 0.5) is 0 Å². The fraction of sp³-hybridized carbons (Fsp3) is 0.600. The summed E-state index contributed by atoms with van der Waals surface area (Å²) in [6, 6.07) is 7.05. The third-order valence-electron chi connectivity index (χ3n) is 3.35. The molecule has 1 unspecified atom stereocenters. The molecule has 1 rings (SSSR count). The first-order valence-electron chi connectivity index (χ1n) is 6.25. The average Bonchev–Trinajstić information content (AvgIpc) is 2.19. The Morgan fingerprint density at radius 3 is 2.24 bits per heavy atom. The largest absolute Gasteiger partial charge is 0.329 e. The lowest BCUT2D eigenvalue weighted by atomic mass is 9.84. The van der Waals surface area contributed by atoms with Crippen molar-refractivity contribution in [3.63, 3.8) is 0 Å². The van der Waals surface area contributed by atoms with Crippen LogP contribution in [0, 0.1) is 6.92 Å². The maximum Gasteiger partial charge on any atom is 0.0467 e. The number of hydrogen-bond acceptors (Lipinski definition) is 2. The molecule has 0 aliphatic carbocycles. The van der Waals surface area contributed by atoms with E-state index in [0.717, 1.165) is 0 Å². The maximum absolute atomic E-state index is 5.89. The van der Waals surface area contributed by atoms with Gasteiger partial charge in [0.1, 0.15) is 0 Å². The first-order valence-corrected chi connectivity index (χ1v) is 6.25. The van der Waals surface area contributed by atoms with Crippen LogP contribution >= 0.6 is 0 Å². The van der Waals surface area contributed by atoms with Crippen molar-refractivity contribution in [1.82, 2.24) is 4.90 Å². The molecule has 0 aromatic heterocycles. The van der Waals surface area contributed by atoms with Crippen molar-refractivity contribution < 1.29 is 0 Å². The van der Waals surface area contributed by atoms with Crippen LogP contribution in [0.3, 0.4) is 0 Å². The van der Waals surface area contributed by atoms with Crippen molar-refractivity contribution in [3.05, 3.63) is 34.9 Å². The molecular formula is C15H26N2. The number of nitrogens with zero attached hydrogens (tertiary/aromatic N) is 1. The number of rotatable bonds is 3. The zero-order chi connectivity index (χ0) is 13.2. The van der Waals surface area contributed by atoms with Gasteiger partial charge in [-0.3, -0.25) is 0 Å². The summed E-state index contributed by atoms with van der Waals surface area (Å²) in [5.41, 5.74) is 10.1. The summed E-state index contributed by atoms with van der Waals surface area (Å²) < 4.78 is 0. The quantitative estimate of drug-likeness (QED) is 0.871. The molecule has 1 aromatic carbocycles. The molecule has 0 aliphatic rings. The minimum Gasteiger partial charge on any atom is -0.329 e. The summed E-state index contributed by atoms with van der Waals surface area (Å²) in [5.74, 6) is 0. The summed E-state index contributed by atoms with van der Waals surface area (Å²) in [7, 11) is 4.17. The van der Waals surface area contributed by atoms with E-state index >= 15 is 0 Å². The molecule has 1 atom stereocenters. The zero-order valence-corrected chi connectivity index (χ0v) is 12.0. The van der Waals surface area contributed by atoms with E-state index in [9.17, 15) is 0 Å². The Labute approximate surface area is 106 Å². The molecule has 0 fully saturated rings. The Hall–Kier alpha value is -0.860. The predicted octanol–water partition coefficient (Wildman–Crippen LogP) is 2.85.